The van der Waals surface area contributed by atoms with Gasteiger partial charge in [0.05, 0.1) is 18.2 Å². The second kappa shape index (κ2) is 7.39. The Morgan fingerprint density at radius 1 is 1.29 bits per heavy atom. The van der Waals surface area contributed by atoms with Gasteiger partial charge in [-0.15, -0.1) is 0 Å². The third-order valence-corrected chi connectivity index (χ3v) is 5.01. The maximum atomic E-state index is 12.9. The van der Waals surface area contributed by atoms with Crippen molar-refractivity contribution >= 4 is 17.5 Å². The van der Waals surface area contributed by atoms with Crippen LogP contribution in [0.15, 0.2) is 28.8 Å². The van der Waals surface area contributed by atoms with Crippen molar-refractivity contribution in [3.05, 3.63) is 51.9 Å². The predicted octanol–water partition coefficient (Wildman–Crippen LogP) is 4.36. The van der Waals surface area contributed by atoms with Crippen LogP contribution in [0.1, 0.15) is 55.3 Å². The third kappa shape index (κ3) is 3.34. The van der Waals surface area contributed by atoms with E-state index in [-0.39, 0.29) is 11.9 Å². The molecule has 5 heteroatoms. The minimum Gasteiger partial charge on any atom is -0.361 e. The monoisotopic (exact) mass is 346 g/mol. The van der Waals surface area contributed by atoms with E-state index in [1.807, 2.05) is 43.0 Å². The molecule has 24 heavy (non-hydrogen) atoms. The van der Waals surface area contributed by atoms with Gasteiger partial charge in [-0.3, -0.25) is 4.79 Å². The molecule has 1 saturated heterocycles. The van der Waals surface area contributed by atoms with Crippen molar-refractivity contribution in [3.63, 3.8) is 0 Å². The summed E-state index contributed by atoms with van der Waals surface area (Å²) in [5, 5.41) is 4.83. The van der Waals surface area contributed by atoms with Gasteiger partial charge in [0.25, 0.3) is 0 Å². The lowest BCUT2D eigenvalue weighted by molar-refractivity contribution is -0.131. The largest absolute Gasteiger partial charge is 0.361 e. The summed E-state index contributed by atoms with van der Waals surface area (Å²) in [6.07, 6.45) is 3.95. The van der Waals surface area contributed by atoms with E-state index in [0.717, 1.165) is 59.8 Å². The van der Waals surface area contributed by atoms with Gasteiger partial charge in [0.1, 0.15) is 5.76 Å². The number of amides is 1. The van der Waals surface area contributed by atoms with Gasteiger partial charge in [0.2, 0.25) is 5.91 Å². The van der Waals surface area contributed by atoms with Crippen molar-refractivity contribution in [1.82, 2.24) is 10.1 Å². The van der Waals surface area contributed by atoms with Gasteiger partial charge >= 0.3 is 0 Å². The van der Waals surface area contributed by atoms with Gasteiger partial charge in [-0.1, -0.05) is 42.7 Å². The molecule has 0 bridgehead atoms. The van der Waals surface area contributed by atoms with Crippen LogP contribution < -0.4 is 0 Å². The molecule has 0 saturated carbocycles. The van der Waals surface area contributed by atoms with Crippen LogP contribution in [-0.2, 0) is 24.1 Å². The zero-order valence-corrected chi connectivity index (χ0v) is 15.0. The standard InChI is InChI=1S/C19H23ClN2O2/c1-3-16-15(18(4-2)24-21-16)12-19(23)22-11-5-6-17(22)13-7-9-14(20)10-8-13/h7-10,17H,3-6,11-12H2,1-2H3/t17-/m1/s1. The summed E-state index contributed by atoms with van der Waals surface area (Å²) in [5.74, 6) is 0.988. The average Bonchev–Trinajstić information content (AvgIpc) is 3.22. The molecule has 1 aliphatic heterocycles. The molecule has 3 rings (SSSR count). The topological polar surface area (TPSA) is 46.3 Å². The Bertz CT molecular complexity index is 687. The summed E-state index contributed by atoms with van der Waals surface area (Å²) in [6, 6.07) is 7.97. The maximum absolute atomic E-state index is 12.9. The molecule has 0 N–H and O–H groups in total. The molecule has 128 valence electrons. The number of hydrogen-bond donors (Lipinski definition) is 0. The number of nitrogens with zero attached hydrogens (tertiary/aromatic N) is 2. The molecule has 1 fully saturated rings. The molecule has 0 unspecified atom stereocenters. The molecule has 2 heterocycles. The Morgan fingerprint density at radius 3 is 2.71 bits per heavy atom. The Balaban J connectivity index is 1.79. The molecule has 0 spiro atoms. The minimum absolute atomic E-state index is 0.143. The van der Waals surface area contributed by atoms with E-state index in [4.69, 9.17) is 16.1 Å². The number of benzene rings is 1. The molecule has 1 aromatic heterocycles. The van der Waals surface area contributed by atoms with Gasteiger partial charge < -0.3 is 9.42 Å². The molecule has 1 aliphatic rings. The van der Waals surface area contributed by atoms with Crippen LogP contribution in [0, 0.1) is 0 Å². The molecule has 0 aliphatic carbocycles. The zero-order valence-electron chi connectivity index (χ0n) is 14.2. The smallest absolute Gasteiger partial charge is 0.227 e. The molecule has 2 aromatic rings. The van der Waals surface area contributed by atoms with E-state index in [0.29, 0.717) is 6.42 Å². The number of likely N-dealkylation sites (tertiary alicyclic amines) is 1. The average molecular weight is 347 g/mol. The fraction of sp³-hybridized carbons (Fsp3) is 0.474. The molecule has 0 radical (unpaired) electrons. The second-order valence-electron chi connectivity index (χ2n) is 6.21. The van der Waals surface area contributed by atoms with E-state index in [2.05, 4.69) is 5.16 Å². The van der Waals surface area contributed by atoms with Crippen LogP contribution in [0.25, 0.3) is 0 Å². The SMILES string of the molecule is CCc1noc(CC)c1CC(=O)N1CCC[C@@H]1c1ccc(Cl)cc1. The van der Waals surface area contributed by atoms with E-state index in [1.54, 1.807) is 0 Å². The summed E-state index contributed by atoms with van der Waals surface area (Å²) in [6.45, 7) is 4.87. The number of rotatable bonds is 5. The van der Waals surface area contributed by atoms with Crippen LogP contribution in [0.5, 0.6) is 0 Å². The summed E-state index contributed by atoms with van der Waals surface area (Å²) in [4.78, 5) is 14.9. The lowest BCUT2D eigenvalue weighted by Crippen LogP contribution is -2.32. The van der Waals surface area contributed by atoms with E-state index in [1.165, 1.54) is 0 Å². The predicted molar refractivity (Wildman–Crippen MR) is 94.1 cm³/mol. The molecular weight excluding hydrogens is 324 g/mol. The molecule has 1 amide bonds. The van der Waals surface area contributed by atoms with E-state index < -0.39 is 0 Å². The van der Waals surface area contributed by atoms with Crippen molar-refractivity contribution in [2.24, 2.45) is 0 Å². The lowest BCUT2D eigenvalue weighted by Gasteiger charge is -2.25. The molecule has 1 aromatic carbocycles. The summed E-state index contributed by atoms with van der Waals surface area (Å²) < 4.78 is 5.39. The van der Waals surface area contributed by atoms with Gasteiger partial charge in [0.15, 0.2) is 0 Å². The summed E-state index contributed by atoms with van der Waals surface area (Å²) in [5.41, 5.74) is 3.04. The Kier molecular flexibility index (Phi) is 5.24. The number of carbonyl (C=O) groups excluding carboxylic acids is 1. The molecular formula is C19H23ClN2O2. The Hall–Kier alpha value is -1.81. The lowest BCUT2D eigenvalue weighted by atomic mass is 10.0. The van der Waals surface area contributed by atoms with Crippen LogP contribution in [0.3, 0.4) is 0 Å². The van der Waals surface area contributed by atoms with Gasteiger partial charge in [0, 0.05) is 23.6 Å². The van der Waals surface area contributed by atoms with Crippen molar-refractivity contribution in [3.8, 4) is 0 Å². The van der Waals surface area contributed by atoms with Crippen LogP contribution in [0.2, 0.25) is 5.02 Å². The van der Waals surface area contributed by atoms with Gasteiger partial charge in [-0.25, -0.2) is 0 Å². The first kappa shape index (κ1) is 17.0. The zero-order chi connectivity index (χ0) is 17.1. The quantitative estimate of drug-likeness (QED) is 0.808. The van der Waals surface area contributed by atoms with Crippen molar-refractivity contribution in [1.29, 1.82) is 0 Å². The Labute approximate surface area is 147 Å². The fourth-order valence-corrected chi connectivity index (χ4v) is 3.61. The molecule has 1 atom stereocenters. The summed E-state index contributed by atoms with van der Waals surface area (Å²) in [7, 11) is 0. The van der Waals surface area contributed by atoms with Crippen molar-refractivity contribution < 1.29 is 9.32 Å². The van der Waals surface area contributed by atoms with Crippen molar-refractivity contribution in [2.45, 2.75) is 52.0 Å². The highest BCUT2D eigenvalue weighted by atomic mass is 35.5. The highest BCUT2D eigenvalue weighted by molar-refractivity contribution is 6.30. The number of hydrogen-bond acceptors (Lipinski definition) is 3. The highest BCUT2D eigenvalue weighted by Gasteiger charge is 2.31. The van der Waals surface area contributed by atoms with Gasteiger partial charge in [-0.2, -0.15) is 0 Å². The summed E-state index contributed by atoms with van der Waals surface area (Å²) >= 11 is 5.98. The first-order valence-corrected chi connectivity index (χ1v) is 9.03. The van der Waals surface area contributed by atoms with Gasteiger partial charge in [-0.05, 0) is 37.0 Å². The molecule has 4 nitrogen and oxygen atoms in total. The fourth-order valence-electron chi connectivity index (χ4n) is 3.49. The maximum Gasteiger partial charge on any atom is 0.227 e. The first-order chi connectivity index (χ1) is 11.6. The van der Waals surface area contributed by atoms with Crippen molar-refractivity contribution in [2.75, 3.05) is 6.54 Å². The number of halogens is 1. The normalized spacial score (nSPS) is 17.5. The number of aromatic nitrogens is 1. The minimum atomic E-state index is 0.143. The first-order valence-electron chi connectivity index (χ1n) is 8.65. The number of aryl methyl sites for hydroxylation is 2. The number of carbonyl (C=O) groups is 1. The second-order valence-corrected chi connectivity index (χ2v) is 6.65. The Morgan fingerprint density at radius 2 is 2.04 bits per heavy atom. The highest BCUT2D eigenvalue weighted by Crippen LogP contribution is 2.33. The van der Waals surface area contributed by atoms with Crippen LogP contribution in [0.4, 0.5) is 0 Å². The van der Waals surface area contributed by atoms with Crippen LogP contribution in [-0.4, -0.2) is 22.5 Å². The van der Waals surface area contributed by atoms with Crippen LogP contribution >= 0.6 is 11.6 Å². The van der Waals surface area contributed by atoms with E-state index >= 15 is 0 Å². The third-order valence-electron chi connectivity index (χ3n) is 4.76. The van der Waals surface area contributed by atoms with E-state index in [9.17, 15) is 4.79 Å².